The van der Waals surface area contributed by atoms with Crippen molar-refractivity contribution in [3.63, 3.8) is 0 Å². The van der Waals surface area contributed by atoms with Gasteiger partial charge in [0, 0.05) is 38.5 Å². The molecular formula is C52H66O12. The van der Waals surface area contributed by atoms with Crippen molar-refractivity contribution in [3.8, 4) is 59.2 Å². The van der Waals surface area contributed by atoms with E-state index < -0.39 is 54.9 Å². The minimum Gasteiger partial charge on any atom is -0.394 e. The Morgan fingerprint density at radius 1 is 0.625 bits per heavy atom. The van der Waals surface area contributed by atoms with Gasteiger partial charge in [-0.2, -0.15) is 0 Å². The molecule has 0 saturated carbocycles. The molecule has 346 valence electrons. The van der Waals surface area contributed by atoms with Crippen molar-refractivity contribution in [1.82, 2.24) is 0 Å². The average molecular weight is 883 g/mol. The maximum atomic E-state index is 13.8. The normalized spacial score (nSPS) is 40.0. The molecule has 64 heavy (non-hydrogen) atoms. The Balaban J connectivity index is 0.000000497. The number of ether oxygens (including phenoxy) is 6. The summed E-state index contributed by atoms with van der Waals surface area (Å²) in [6.07, 6.45) is -1.85. The SMILES string of the molecule is C=C1C[C@@H]2CCC(=O)C[C@H]3O[C@H]4[C@@H](O)[C@H]5OC(CC[C@@H]5O[C@H]4[C@H]3O)CC(=O)C[C@@H]3[C@@H](C)[C@@H](C[C@H](O)CO)O[C@H]3CC3O[C@@H](CCC1O2)C[C@@H](C)C3=C.CC#CC#CC#CC#CC#CC. The smallest absolute Gasteiger partial charge is 0.135 e. The lowest BCUT2D eigenvalue weighted by atomic mass is 9.79. The van der Waals surface area contributed by atoms with Gasteiger partial charge in [-0.1, -0.05) is 38.8 Å². The third-order valence-corrected chi connectivity index (χ3v) is 14.0. The molecule has 7 aliphatic heterocycles. The summed E-state index contributed by atoms with van der Waals surface area (Å²) in [5, 5.41) is 42.5. The van der Waals surface area contributed by atoms with Gasteiger partial charge in [0.05, 0.1) is 67.6 Å². The van der Waals surface area contributed by atoms with E-state index in [1.807, 2.05) is 0 Å². The molecule has 8 bridgehead atoms. The molecule has 0 aromatic heterocycles. The van der Waals surface area contributed by atoms with Crippen molar-refractivity contribution in [2.75, 3.05) is 6.61 Å². The number of ketones is 2. The molecule has 7 rings (SSSR count). The van der Waals surface area contributed by atoms with Gasteiger partial charge in [0.2, 0.25) is 0 Å². The summed E-state index contributed by atoms with van der Waals surface area (Å²) < 4.78 is 38.4. The fourth-order valence-electron chi connectivity index (χ4n) is 10.5. The standard InChI is InChI=1S/C40H60O12.C12H6/c1-19-11-27-7-9-30-20(2)12-26(47-30)6-5-23(42)15-35-36(45)39-40(52-35)37(46)38-31(51-39)10-8-28(49-38)13-24(43)14-29-22(4)32(16-25(44)18-41)50-34(29)17-33(48-27)21(19)3;1-3-5-7-9-11-12-10-8-6-4-2/h19,22,25-41,44-46H,2-3,5-18H2,1,4H3;1-2H3/t19-,22-,25+,26+,27+,28?,29-,30?,31+,32-,33?,34+,35-,36+,37+,38+,39+,40+;/m1./s1. The predicted octanol–water partition coefficient (Wildman–Crippen LogP) is 3.93. The first-order chi connectivity index (χ1) is 30.8. The molecule has 0 amide bonds. The Morgan fingerprint density at radius 2 is 1.25 bits per heavy atom. The van der Waals surface area contributed by atoms with E-state index in [-0.39, 0.29) is 105 Å². The van der Waals surface area contributed by atoms with Gasteiger partial charge in [-0.05, 0) is 135 Å². The van der Waals surface area contributed by atoms with Crippen LogP contribution in [0.4, 0.5) is 0 Å². The number of hydrogen-bond acceptors (Lipinski definition) is 12. The van der Waals surface area contributed by atoms with Gasteiger partial charge < -0.3 is 48.8 Å². The number of fused-ring (bicyclic) bond motifs is 7. The highest BCUT2D eigenvalue weighted by molar-refractivity contribution is 5.79. The van der Waals surface area contributed by atoms with Crippen LogP contribution in [0, 0.1) is 77.0 Å². The van der Waals surface area contributed by atoms with E-state index in [4.69, 9.17) is 28.4 Å². The topological polar surface area (TPSA) is 170 Å². The fourth-order valence-corrected chi connectivity index (χ4v) is 10.5. The lowest BCUT2D eigenvalue weighted by Gasteiger charge is -2.46. The van der Waals surface area contributed by atoms with Crippen LogP contribution in [-0.4, -0.2) is 130 Å². The van der Waals surface area contributed by atoms with Crippen LogP contribution in [0.5, 0.6) is 0 Å². The summed E-state index contributed by atoms with van der Waals surface area (Å²) in [4.78, 5) is 26.9. The van der Waals surface area contributed by atoms with Crippen LogP contribution in [0.25, 0.3) is 0 Å². The zero-order valence-electron chi connectivity index (χ0n) is 37.8. The Labute approximate surface area is 379 Å². The maximum Gasteiger partial charge on any atom is 0.135 e. The van der Waals surface area contributed by atoms with Crippen LogP contribution < -0.4 is 0 Å². The van der Waals surface area contributed by atoms with E-state index in [0.29, 0.717) is 32.1 Å². The van der Waals surface area contributed by atoms with Crippen LogP contribution in [0.3, 0.4) is 0 Å². The molecule has 7 saturated heterocycles. The van der Waals surface area contributed by atoms with Gasteiger partial charge in [0.1, 0.15) is 42.1 Å². The number of aliphatic hydroxyl groups excluding tert-OH is 4. The molecule has 7 fully saturated rings. The molecule has 7 aliphatic rings. The molecular weight excluding hydrogens is 817 g/mol. The average Bonchev–Trinajstić information content (AvgIpc) is 3.89. The quantitative estimate of drug-likeness (QED) is 0.239. The van der Waals surface area contributed by atoms with Crippen molar-refractivity contribution in [2.24, 2.45) is 17.8 Å². The molecule has 18 atom stereocenters. The van der Waals surface area contributed by atoms with E-state index >= 15 is 0 Å². The monoisotopic (exact) mass is 882 g/mol. The summed E-state index contributed by atoms with van der Waals surface area (Å²) >= 11 is 0. The summed E-state index contributed by atoms with van der Waals surface area (Å²) in [6, 6.07) is 0. The third-order valence-electron chi connectivity index (χ3n) is 14.0. The van der Waals surface area contributed by atoms with E-state index in [1.165, 1.54) is 0 Å². The van der Waals surface area contributed by atoms with E-state index in [9.17, 15) is 30.0 Å². The Bertz CT molecular complexity index is 1960. The first-order valence-electron chi connectivity index (χ1n) is 23.1. The molecule has 12 heteroatoms. The van der Waals surface area contributed by atoms with Crippen LogP contribution in [0.1, 0.15) is 111 Å². The van der Waals surface area contributed by atoms with E-state index in [0.717, 1.165) is 30.4 Å². The molecule has 3 unspecified atom stereocenters. The number of rotatable bonds is 3. The second kappa shape index (κ2) is 23.6. The van der Waals surface area contributed by atoms with Crippen LogP contribution >= 0.6 is 0 Å². The lowest BCUT2D eigenvalue weighted by Crippen LogP contribution is -2.61. The van der Waals surface area contributed by atoms with Crippen LogP contribution in [0.2, 0.25) is 0 Å². The second-order valence-corrected chi connectivity index (χ2v) is 18.5. The highest BCUT2D eigenvalue weighted by atomic mass is 16.6. The molecule has 0 aliphatic carbocycles. The molecule has 12 nitrogen and oxygen atoms in total. The molecule has 0 radical (unpaired) electrons. The Kier molecular flexibility index (Phi) is 18.3. The number of Topliss-reactive ketones (excluding diaryl/α,β-unsaturated/α-hetero) is 2. The maximum absolute atomic E-state index is 13.8. The van der Waals surface area contributed by atoms with Crippen LogP contribution in [0.15, 0.2) is 24.3 Å². The minimum absolute atomic E-state index is 0.00785. The first kappa shape index (κ1) is 49.6. The molecule has 4 N–H and O–H groups in total. The van der Waals surface area contributed by atoms with Gasteiger partial charge in [-0.25, -0.2) is 0 Å². The number of carbonyl (C=O) groups excluding carboxylic acids is 2. The lowest BCUT2D eigenvalue weighted by molar-refractivity contribution is -0.259. The second-order valence-electron chi connectivity index (χ2n) is 18.5. The fraction of sp³-hybridized carbons (Fsp3) is 0.692. The van der Waals surface area contributed by atoms with Crippen molar-refractivity contribution in [1.29, 1.82) is 0 Å². The molecule has 0 spiro atoms. The van der Waals surface area contributed by atoms with Crippen molar-refractivity contribution in [3.05, 3.63) is 24.3 Å². The highest BCUT2D eigenvalue weighted by Crippen LogP contribution is 2.44. The van der Waals surface area contributed by atoms with Crippen molar-refractivity contribution >= 4 is 11.6 Å². The molecule has 7 heterocycles. The van der Waals surface area contributed by atoms with Gasteiger partial charge in [-0.15, -0.1) is 0 Å². The zero-order valence-corrected chi connectivity index (χ0v) is 37.8. The Morgan fingerprint density at radius 3 is 1.94 bits per heavy atom. The van der Waals surface area contributed by atoms with Gasteiger partial charge in [-0.3, -0.25) is 9.59 Å². The number of aliphatic hydroxyl groups is 4. The van der Waals surface area contributed by atoms with Crippen molar-refractivity contribution < 1.29 is 58.4 Å². The van der Waals surface area contributed by atoms with Crippen LogP contribution in [-0.2, 0) is 38.0 Å². The largest absolute Gasteiger partial charge is 0.394 e. The van der Waals surface area contributed by atoms with Gasteiger partial charge >= 0.3 is 0 Å². The number of hydrogen-bond donors (Lipinski definition) is 4. The predicted molar refractivity (Wildman–Crippen MR) is 237 cm³/mol. The van der Waals surface area contributed by atoms with E-state index in [1.54, 1.807) is 13.8 Å². The summed E-state index contributed by atoms with van der Waals surface area (Å²) in [5.74, 6) is 25.6. The van der Waals surface area contributed by atoms with Gasteiger partial charge in [0.25, 0.3) is 0 Å². The van der Waals surface area contributed by atoms with E-state index in [2.05, 4.69) is 86.2 Å². The number of carbonyl (C=O) groups is 2. The van der Waals surface area contributed by atoms with Crippen molar-refractivity contribution in [2.45, 2.75) is 203 Å². The first-order valence-corrected chi connectivity index (χ1v) is 23.1. The van der Waals surface area contributed by atoms with Gasteiger partial charge in [0.15, 0.2) is 0 Å². The summed E-state index contributed by atoms with van der Waals surface area (Å²) in [7, 11) is 0. The minimum atomic E-state index is -1.08. The third kappa shape index (κ3) is 12.8. The highest BCUT2D eigenvalue weighted by Gasteiger charge is 2.57. The molecule has 0 aromatic carbocycles. The molecule has 0 aromatic rings. The summed E-state index contributed by atoms with van der Waals surface area (Å²) in [6.45, 7) is 16.0. The Hall–Kier alpha value is -3.78. The summed E-state index contributed by atoms with van der Waals surface area (Å²) in [5.41, 5.74) is 2.04. The zero-order chi connectivity index (χ0) is 45.9.